The summed E-state index contributed by atoms with van der Waals surface area (Å²) in [7, 11) is 0.553. The summed E-state index contributed by atoms with van der Waals surface area (Å²) in [4.78, 5) is 23.2. The second-order valence-electron chi connectivity index (χ2n) is 7.32. The van der Waals surface area contributed by atoms with Crippen LogP contribution in [0.5, 0.6) is 0 Å². The topological polar surface area (TPSA) is 61.8 Å². The van der Waals surface area contributed by atoms with Crippen LogP contribution >= 0.6 is 11.8 Å². The number of hydrogen-bond donors (Lipinski definition) is 0. The molecule has 0 atom stereocenters. The highest BCUT2D eigenvalue weighted by atomic mass is 32.2. The van der Waals surface area contributed by atoms with Crippen molar-refractivity contribution < 1.29 is 28.0 Å². The van der Waals surface area contributed by atoms with Gasteiger partial charge in [-0.1, -0.05) is 23.9 Å². The van der Waals surface area contributed by atoms with Crippen molar-refractivity contribution >= 4 is 36.0 Å². The lowest BCUT2D eigenvalue weighted by atomic mass is 9.78. The van der Waals surface area contributed by atoms with Gasteiger partial charge in [-0.05, 0) is 50.9 Å². The van der Waals surface area contributed by atoms with Crippen molar-refractivity contribution in [3.63, 3.8) is 0 Å². The third-order valence-electron chi connectivity index (χ3n) is 4.75. The van der Waals surface area contributed by atoms with Crippen LogP contribution in [0.1, 0.15) is 50.5 Å². The Bertz CT molecular complexity index is 759. The number of carbonyl (C=O) groups is 2. The fourth-order valence-corrected chi connectivity index (χ4v) is 3.06. The molecule has 8 heteroatoms. The number of carbonyl (C=O) groups excluding carboxylic acids is 2. The van der Waals surface area contributed by atoms with Crippen LogP contribution in [0.2, 0.25) is 0 Å². The number of esters is 1. The summed E-state index contributed by atoms with van der Waals surface area (Å²) >= 11 is 1.13. The van der Waals surface area contributed by atoms with Crippen LogP contribution in [0.25, 0.3) is 6.08 Å². The Kier molecular flexibility index (Phi) is 6.55. The van der Waals surface area contributed by atoms with Crippen LogP contribution < -0.4 is 0 Å². The lowest BCUT2D eigenvalue weighted by Gasteiger charge is -2.32. The maximum Gasteiger partial charge on any atom is 0.491 e. The van der Waals surface area contributed by atoms with E-state index >= 15 is 0 Å². The molecule has 1 aromatic rings. The van der Waals surface area contributed by atoms with Gasteiger partial charge in [0, 0.05) is 12.7 Å². The number of benzene rings is 1. The van der Waals surface area contributed by atoms with Gasteiger partial charge in [-0.25, -0.2) is 9.18 Å². The fourth-order valence-electron chi connectivity index (χ4n) is 2.47. The molecule has 0 amide bonds. The second kappa shape index (κ2) is 8.16. The molecule has 0 bridgehead atoms. The van der Waals surface area contributed by atoms with Crippen molar-refractivity contribution in [3.05, 3.63) is 40.6 Å². The van der Waals surface area contributed by atoms with Gasteiger partial charge in [0.05, 0.1) is 23.9 Å². The molecule has 0 saturated carbocycles. The first kappa shape index (κ1) is 21.7. The van der Waals surface area contributed by atoms with Crippen molar-refractivity contribution in [2.75, 3.05) is 12.9 Å². The fraction of sp³-hybridized carbons (Fsp3) is 0.474. The molecular formula is C19H24BFO5S. The van der Waals surface area contributed by atoms with Crippen LogP contribution in [0.3, 0.4) is 0 Å². The lowest BCUT2D eigenvalue weighted by Crippen LogP contribution is -2.41. The number of ether oxygens (including phenoxy) is 1. The summed E-state index contributed by atoms with van der Waals surface area (Å²) in [6.45, 7) is 9.25. The van der Waals surface area contributed by atoms with Gasteiger partial charge in [-0.2, -0.15) is 0 Å². The van der Waals surface area contributed by atoms with E-state index in [1.54, 1.807) is 12.1 Å². The van der Waals surface area contributed by atoms with Crippen LogP contribution in [-0.4, -0.2) is 42.3 Å². The first-order chi connectivity index (χ1) is 12.5. The van der Waals surface area contributed by atoms with Gasteiger partial charge in [0.25, 0.3) is 0 Å². The molecule has 27 heavy (non-hydrogen) atoms. The van der Waals surface area contributed by atoms with Gasteiger partial charge in [0.2, 0.25) is 0 Å². The van der Waals surface area contributed by atoms with E-state index in [4.69, 9.17) is 9.31 Å². The Balaban J connectivity index is 2.40. The number of halogens is 1. The largest absolute Gasteiger partial charge is 0.491 e. The Hall–Kier alpha value is -1.64. The minimum atomic E-state index is -0.752. The first-order valence-electron chi connectivity index (χ1n) is 8.54. The molecule has 0 radical (unpaired) electrons. The zero-order valence-corrected chi connectivity index (χ0v) is 17.2. The zero-order chi connectivity index (χ0) is 20.4. The molecule has 1 aliphatic rings. The molecule has 1 heterocycles. The highest BCUT2D eigenvalue weighted by molar-refractivity contribution is 8.13. The molecule has 0 aromatic heterocycles. The molecule has 2 rings (SSSR count). The minimum Gasteiger partial charge on any atom is -0.465 e. The SMILES string of the molecule is COC(=O)c1cc(C=C(CSC(C)=O)B2OC(C)(C)C(C)(C)O2)ccc1F. The van der Waals surface area contributed by atoms with Gasteiger partial charge in [-0.15, -0.1) is 0 Å². The van der Waals surface area contributed by atoms with E-state index in [9.17, 15) is 14.0 Å². The molecule has 1 aromatic carbocycles. The van der Waals surface area contributed by atoms with Crippen LogP contribution in [0.4, 0.5) is 4.39 Å². The van der Waals surface area contributed by atoms with Crippen LogP contribution in [0.15, 0.2) is 23.7 Å². The average Bonchev–Trinajstić information content (AvgIpc) is 2.79. The van der Waals surface area contributed by atoms with E-state index in [2.05, 4.69) is 4.74 Å². The smallest absolute Gasteiger partial charge is 0.465 e. The Labute approximate surface area is 163 Å². The maximum absolute atomic E-state index is 13.9. The number of methoxy groups -OCH3 is 1. The number of thioether (sulfide) groups is 1. The van der Waals surface area contributed by atoms with Crippen molar-refractivity contribution in [1.82, 2.24) is 0 Å². The third kappa shape index (κ3) is 5.00. The van der Waals surface area contributed by atoms with Crippen molar-refractivity contribution in [3.8, 4) is 0 Å². The Morgan fingerprint density at radius 1 is 1.22 bits per heavy atom. The van der Waals surface area contributed by atoms with Gasteiger partial charge < -0.3 is 14.0 Å². The van der Waals surface area contributed by atoms with Gasteiger partial charge in [0.15, 0.2) is 5.12 Å². The predicted molar refractivity (Wildman–Crippen MR) is 105 cm³/mol. The van der Waals surface area contributed by atoms with E-state index < -0.39 is 30.1 Å². The van der Waals surface area contributed by atoms with Gasteiger partial charge in [0.1, 0.15) is 5.82 Å². The van der Waals surface area contributed by atoms with Gasteiger partial charge >= 0.3 is 13.1 Å². The molecule has 0 aliphatic carbocycles. The molecule has 1 aliphatic heterocycles. The second-order valence-corrected chi connectivity index (χ2v) is 8.47. The Morgan fingerprint density at radius 2 is 1.81 bits per heavy atom. The van der Waals surface area contributed by atoms with E-state index in [1.807, 2.05) is 27.7 Å². The molecular weight excluding hydrogens is 370 g/mol. The quantitative estimate of drug-likeness (QED) is 0.558. The number of rotatable bonds is 5. The molecule has 5 nitrogen and oxygen atoms in total. The monoisotopic (exact) mass is 394 g/mol. The summed E-state index contributed by atoms with van der Waals surface area (Å²) in [5, 5.41) is -0.0354. The average molecular weight is 394 g/mol. The van der Waals surface area contributed by atoms with E-state index in [1.165, 1.54) is 26.2 Å². The summed E-state index contributed by atoms with van der Waals surface area (Å²) in [5.41, 5.74) is 0.0931. The summed E-state index contributed by atoms with van der Waals surface area (Å²) in [5.74, 6) is -1.05. The third-order valence-corrected chi connectivity index (χ3v) is 5.63. The van der Waals surface area contributed by atoms with Crippen molar-refractivity contribution in [1.29, 1.82) is 0 Å². The standard InChI is InChI=1S/C19H24BFO5S/c1-12(22)27-11-14(20-25-18(2,3)19(4,5)26-20)9-13-7-8-16(21)15(10-13)17(23)24-6/h7-10H,11H2,1-6H3. The molecule has 0 spiro atoms. The van der Waals surface area contributed by atoms with Crippen LogP contribution in [0, 0.1) is 5.82 Å². The molecule has 0 N–H and O–H groups in total. The molecule has 0 unspecified atom stereocenters. The molecule has 146 valence electrons. The number of hydrogen-bond acceptors (Lipinski definition) is 6. The summed E-state index contributed by atoms with van der Waals surface area (Å²) in [6, 6.07) is 4.16. The van der Waals surface area contributed by atoms with Crippen LogP contribution in [-0.2, 0) is 18.8 Å². The summed E-state index contributed by atoms with van der Waals surface area (Å²) < 4.78 is 30.6. The molecule has 1 fully saturated rings. The van der Waals surface area contributed by atoms with E-state index in [0.717, 1.165) is 17.2 Å². The highest BCUT2D eigenvalue weighted by Gasteiger charge is 2.52. The van der Waals surface area contributed by atoms with E-state index in [-0.39, 0.29) is 10.7 Å². The maximum atomic E-state index is 13.9. The zero-order valence-electron chi connectivity index (χ0n) is 16.4. The lowest BCUT2D eigenvalue weighted by molar-refractivity contribution is -0.109. The minimum absolute atomic E-state index is 0.0354. The first-order valence-corrected chi connectivity index (χ1v) is 9.53. The normalized spacial score (nSPS) is 18.5. The van der Waals surface area contributed by atoms with E-state index in [0.29, 0.717) is 11.3 Å². The Morgan fingerprint density at radius 3 is 2.33 bits per heavy atom. The van der Waals surface area contributed by atoms with Gasteiger partial charge in [-0.3, -0.25) is 4.79 Å². The van der Waals surface area contributed by atoms with Crippen molar-refractivity contribution in [2.45, 2.75) is 45.8 Å². The van der Waals surface area contributed by atoms with Crippen molar-refractivity contribution in [2.24, 2.45) is 0 Å². The molecule has 1 saturated heterocycles. The predicted octanol–water partition coefficient (Wildman–Crippen LogP) is 3.91. The highest BCUT2D eigenvalue weighted by Crippen LogP contribution is 2.39. The summed E-state index contributed by atoms with van der Waals surface area (Å²) in [6.07, 6.45) is 1.75.